The van der Waals surface area contributed by atoms with Crippen molar-refractivity contribution >= 4 is 17.8 Å². The summed E-state index contributed by atoms with van der Waals surface area (Å²) in [4.78, 5) is 35.0. The van der Waals surface area contributed by atoms with Crippen LogP contribution in [-0.4, -0.2) is 98.6 Å². The summed E-state index contributed by atoms with van der Waals surface area (Å²) in [5, 5.41) is 38.3. The van der Waals surface area contributed by atoms with Gasteiger partial charge in [0.1, 0.15) is 11.5 Å². The largest absolute Gasteiger partial charge is 0.478 e. The summed E-state index contributed by atoms with van der Waals surface area (Å²) in [6, 6.07) is 6.32. The van der Waals surface area contributed by atoms with Crippen molar-refractivity contribution in [2.75, 3.05) is 33.4 Å². The number of carbonyl (C=O) groups excluding carboxylic acids is 1. The van der Waals surface area contributed by atoms with Gasteiger partial charge in [-0.1, -0.05) is 45.0 Å². The Bertz CT molecular complexity index is 1230. The second kappa shape index (κ2) is 18.2. The summed E-state index contributed by atoms with van der Waals surface area (Å²) in [7, 11) is 1.66. The van der Waals surface area contributed by atoms with Crippen molar-refractivity contribution in [2.45, 2.75) is 65.5 Å². The van der Waals surface area contributed by atoms with Gasteiger partial charge in [0.05, 0.1) is 11.8 Å². The highest BCUT2D eigenvalue weighted by Crippen LogP contribution is 2.26. The third-order valence-corrected chi connectivity index (χ3v) is 7.22. The molecule has 12 nitrogen and oxygen atoms in total. The van der Waals surface area contributed by atoms with Crippen molar-refractivity contribution in [3.8, 4) is 5.69 Å². The average Bonchev–Trinajstić information content (AvgIpc) is 3.40. The van der Waals surface area contributed by atoms with Crippen LogP contribution in [0.25, 0.3) is 5.69 Å². The standard InChI is InChI=1S/C27H42FN5O3.C4H4O4/c1-18(2)17-32(21-14-20(15-29-16-21)26(34)19(3)4)27(35)25-24(12-8-9-13-36-5)33(31-30-25)23-11-7-6-10-22(23)28;5-3(6)1-2-4(7)8/h6-7,10-11,18-21,26,29,34H,8-9,12-17H2,1-5H3;1-2H,(H,5,6)(H,7,8)/b;2-1+/t20-,21+,26?;/m1./s1. The predicted octanol–water partition coefficient (Wildman–Crippen LogP) is 3.18. The summed E-state index contributed by atoms with van der Waals surface area (Å²) in [5.74, 6) is -2.67. The molecule has 1 fully saturated rings. The van der Waals surface area contributed by atoms with Crippen molar-refractivity contribution in [3.63, 3.8) is 0 Å². The molecule has 1 aromatic heterocycles. The number of benzene rings is 1. The number of methoxy groups -OCH3 is 1. The number of nitrogens with one attached hydrogen (secondary N) is 1. The Morgan fingerprint density at radius 1 is 1.11 bits per heavy atom. The highest BCUT2D eigenvalue weighted by molar-refractivity contribution is 5.93. The van der Waals surface area contributed by atoms with Gasteiger partial charge >= 0.3 is 11.9 Å². The molecule has 2 heterocycles. The number of unbranched alkanes of at least 4 members (excludes halogenated alkanes) is 1. The van der Waals surface area contributed by atoms with Gasteiger partial charge in [0.2, 0.25) is 0 Å². The number of para-hydroxylation sites is 1. The summed E-state index contributed by atoms with van der Waals surface area (Å²) in [6.45, 7) is 10.8. The fourth-order valence-corrected chi connectivity index (χ4v) is 5.11. The van der Waals surface area contributed by atoms with Crippen molar-refractivity contribution in [1.82, 2.24) is 25.2 Å². The van der Waals surface area contributed by atoms with Crippen molar-refractivity contribution in [3.05, 3.63) is 53.6 Å². The number of ether oxygens (including phenoxy) is 1. The van der Waals surface area contributed by atoms with E-state index in [1.165, 1.54) is 10.7 Å². The minimum atomic E-state index is -1.26. The molecule has 0 spiro atoms. The van der Waals surface area contributed by atoms with Gasteiger partial charge in [-0.2, -0.15) is 0 Å². The number of carboxylic acid groups (broad SMARTS) is 2. The van der Waals surface area contributed by atoms with Crippen molar-refractivity contribution in [1.29, 1.82) is 0 Å². The molecule has 1 unspecified atom stereocenters. The number of aromatic nitrogens is 3. The number of hydrogen-bond acceptors (Lipinski definition) is 8. The van der Waals surface area contributed by atoms with Crippen LogP contribution in [0.2, 0.25) is 0 Å². The second-order valence-corrected chi connectivity index (χ2v) is 11.6. The number of halogens is 1. The Morgan fingerprint density at radius 3 is 2.34 bits per heavy atom. The lowest BCUT2D eigenvalue weighted by molar-refractivity contribution is -0.134. The van der Waals surface area contributed by atoms with Gasteiger partial charge in [0, 0.05) is 51.5 Å². The van der Waals surface area contributed by atoms with E-state index < -0.39 is 23.9 Å². The van der Waals surface area contributed by atoms with Crippen molar-refractivity contribution < 1.29 is 38.8 Å². The molecule has 2 aromatic rings. The lowest BCUT2D eigenvalue weighted by Gasteiger charge is -2.40. The molecule has 4 N–H and O–H groups in total. The minimum absolute atomic E-state index is 0.0637. The zero-order valence-electron chi connectivity index (χ0n) is 26.1. The van der Waals surface area contributed by atoms with Crippen LogP contribution in [0.1, 0.15) is 63.1 Å². The SMILES string of the molecule is COCCCCc1c(C(=O)N(CC(C)C)[C@@H]2CNC[C@H](C(O)C(C)C)C2)nnn1-c1ccccc1F.O=C(O)/C=C/C(=O)O. The van der Waals surface area contributed by atoms with E-state index in [-0.39, 0.29) is 41.1 Å². The maximum Gasteiger partial charge on any atom is 0.328 e. The van der Waals surface area contributed by atoms with Gasteiger partial charge in [0.15, 0.2) is 5.69 Å². The molecule has 1 amide bonds. The number of aliphatic hydroxyl groups is 1. The normalized spacial score (nSPS) is 17.4. The maximum atomic E-state index is 14.7. The van der Waals surface area contributed by atoms with Crippen LogP contribution in [0.5, 0.6) is 0 Å². The zero-order chi connectivity index (χ0) is 32.8. The Balaban J connectivity index is 0.000000742. The molecule has 0 radical (unpaired) electrons. The topological polar surface area (TPSA) is 167 Å². The van der Waals surface area contributed by atoms with Crippen LogP contribution >= 0.6 is 0 Å². The van der Waals surface area contributed by atoms with Gasteiger partial charge in [-0.25, -0.2) is 18.7 Å². The van der Waals surface area contributed by atoms with Crippen LogP contribution in [0.15, 0.2) is 36.4 Å². The zero-order valence-corrected chi connectivity index (χ0v) is 26.1. The number of carboxylic acids is 2. The van der Waals surface area contributed by atoms with E-state index in [4.69, 9.17) is 14.9 Å². The molecule has 0 aliphatic carbocycles. The lowest BCUT2D eigenvalue weighted by Crippen LogP contribution is -2.54. The first kappa shape index (κ1) is 36.5. The molecule has 13 heteroatoms. The molecule has 3 atom stereocenters. The lowest BCUT2D eigenvalue weighted by atomic mass is 9.85. The van der Waals surface area contributed by atoms with E-state index in [0.717, 1.165) is 25.8 Å². The number of rotatable bonds is 14. The number of hydrogen-bond donors (Lipinski definition) is 4. The first-order valence-corrected chi connectivity index (χ1v) is 14.9. The van der Waals surface area contributed by atoms with Gasteiger partial charge in [0.25, 0.3) is 5.91 Å². The number of piperidine rings is 1. The van der Waals surface area contributed by atoms with Crippen LogP contribution in [0.4, 0.5) is 4.39 Å². The first-order chi connectivity index (χ1) is 20.9. The minimum Gasteiger partial charge on any atom is -0.478 e. The fraction of sp³-hybridized carbons (Fsp3) is 0.581. The van der Waals surface area contributed by atoms with E-state index in [2.05, 4.69) is 29.5 Å². The molecule has 1 aliphatic rings. The number of aliphatic carboxylic acids is 2. The monoisotopic (exact) mass is 619 g/mol. The number of amides is 1. The van der Waals surface area contributed by atoms with Crippen LogP contribution in [0.3, 0.4) is 0 Å². The van der Waals surface area contributed by atoms with Crippen LogP contribution < -0.4 is 5.32 Å². The Morgan fingerprint density at radius 2 is 1.77 bits per heavy atom. The molecular formula is C31H46FN5O7. The van der Waals surface area contributed by atoms with Gasteiger partial charge in [-0.05, 0) is 55.6 Å². The highest BCUT2D eigenvalue weighted by atomic mass is 19.1. The molecule has 44 heavy (non-hydrogen) atoms. The average molecular weight is 620 g/mol. The Kier molecular flexibility index (Phi) is 15.1. The Labute approximate surface area is 257 Å². The molecule has 244 valence electrons. The van der Waals surface area contributed by atoms with E-state index in [1.54, 1.807) is 25.3 Å². The fourth-order valence-electron chi connectivity index (χ4n) is 5.11. The van der Waals surface area contributed by atoms with E-state index >= 15 is 0 Å². The first-order valence-electron chi connectivity index (χ1n) is 14.9. The summed E-state index contributed by atoms with van der Waals surface area (Å²) in [5.41, 5.74) is 1.15. The molecule has 0 saturated carbocycles. The molecule has 1 saturated heterocycles. The van der Waals surface area contributed by atoms with Crippen LogP contribution in [-0.2, 0) is 20.7 Å². The van der Waals surface area contributed by atoms with Gasteiger partial charge in [-0.15, -0.1) is 5.10 Å². The van der Waals surface area contributed by atoms with E-state index in [9.17, 15) is 23.9 Å². The molecule has 0 bridgehead atoms. The number of aliphatic hydroxyl groups excluding tert-OH is 1. The third-order valence-electron chi connectivity index (χ3n) is 7.22. The third kappa shape index (κ3) is 11.1. The summed E-state index contributed by atoms with van der Waals surface area (Å²) >= 11 is 0. The number of carbonyl (C=O) groups is 3. The van der Waals surface area contributed by atoms with Gasteiger partial charge in [-0.3, -0.25) is 4.79 Å². The predicted molar refractivity (Wildman–Crippen MR) is 162 cm³/mol. The smallest absolute Gasteiger partial charge is 0.328 e. The van der Waals surface area contributed by atoms with E-state index in [0.29, 0.717) is 44.0 Å². The molecular weight excluding hydrogens is 573 g/mol. The van der Waals surface area contributed by atoms with Crippen molar-refractivity contribution in [2.24, 2.45) is 17.8 Å². The molecule has 1 aliphatic heterocycles. The molecule has 3 rings (SSSR count). The Hall–Kier alpha value is -3.68. The second-order valence-electron chi connectivity index (χ2n) is 11.6. The number of nitrogens with zero attached hydrogens (tertiary/aromatic N) is 4. The molecule has 1 aromatic carbocycles. The summed E-state index contributed by atoms with van der Waals surface area (Å²) in [6.07, 6.45) is 3.49. The van der Waals surface area contributed by atoms with Gasteiger partial charge < -0.3 is 30.3 Å². The highest BCUT2D eigenvalue weighted by Gasteiger charge is 2.36. The summed E-state index contributed by atoms with van der Waals surface area (Å²) < 4.78 is 21.3. The van der Waals surface area contributed by atoms with E-state index in [1.807, 2.05) is 18.7 Å². The maximum absolute atomic E-state index is 14.7. The quantitative estimate of drug-likeness (QED) is 0.182. The van der Waals surface area contributed by atoms with Crippen LogP contribution in [0, 0.1) is 23.6 Å².